The Labute approximate surface area is 295 Å². The first-order valence-electron chi connectivity index (χ1n) is 21.5. The molecule has 0 aromatic carbocycles. The molecule has 0 aliphatic carbocycles. The maximum Gasteiger partial charge on any atom is 0.325 e. The third kappa shape index (κ3) is 37.6. The third-order valence-electron chi connectivity index (χ3n) is 10.0. The van der Waals surface area contributed by atoms with Crippen LogP contribution in [0.2, 0.25) is 0 Å². The second-order valence-electron chi connectivity index (χ2n) is 14.9. The first kappa shape index (κ1) is 45.9. The molecular weight excluding hydrogens is 578 g/mol. The highest BCUT2D eigenvalue weighted by Crippen LogP contribution is 2.16. The number of ether oxygens (including phenoxy) is 1. The fraction of sp³-hybridized carbons (Fsp3) is 0.953. The summed E-state index contributed by atoms with van der Waals surface area (Å²) in [5.41, 5.74) is 0. The first-order valence-corrected chi connectivity index (χ1v) is 21.5. The minimum Gasteiger partial charge on any atom is -0.464 e. The van der Waals surface area contributed by atoms with Crippen LogP contribution in [0.5, 0.6) is 0 Å². The molecule has 0 bridgehead atoms. The lowest BCUT2D eigenvalue weighted by molar-refractivity contribution is -0.148. The van der Waals surface area contributed by atoms with E-state index in [1.807, 2.05) is 0 Å². The van der Waals surface area contributed by atoms with Gasteiger partial charge in [-0.3, -0.25) is 9.59 Å². The van der Waals surface area contributed by atoms with Gasteiger partial charge in [-0.2, -0.15) is 0 Å². The Balaban J connectivity index is 3.36. The molecule has 0 aliphatic heterocycles. The highest BCUT2D eigenvalue weighted by atomic mass is 16.5. The normalized spacial score (nSPS) is 11.3. The molecule has 0 aliphatic rings. The van der Waals surface area contributed by atoms with Gasteiger partial charge in [0, 0.05) is 13.5 Å². The van der Waals surface area contributed by atoms with E-state index in [2.05, 4.69) is 13.8 Å². The van der Waals surface area contributed by atoms with Crippen LogP contribution in [0.1, 0.15) is 245 Å². The van der Waals surface area contributed by atoms with E-state index in [1.165, 1.54) is 199 Å². The summed E-state index contributed by atoms with van der Waals surface area (Å²) < 4.78 is 5.40. The molecule has 0 saturated carbocycles. The number of likely N-dealkylation sites (N-methyl/N-ethyl adjacent to an activating group) is 1. The molecule has 0 aromatic heterocycles. The molecule has 4 heteroatoms. The van der Waals surface area contributed by atoms with Crippen LogP contribution in [-0.4, -0.2) is 37.0 Å². The van der Waals surface area contributed by atoms with E-state index in [0.717, 1.165) is 25.7 Å². The van der Waals surface area contributed by atoms with Gasteiger partial charge in [-0.25, -0.2) is 0 Å². The monoisotopic (exact) mass is 664 g/mol. The van der Waals surface area contributed by atoms with Crippen molar-refractivity contribution in [3.05, 3.63) is 0 Å². The topological polar surface area (TPSA) is 46.6 Å². The van der Waals surface area contributed by atoms with Crippen LogP contribution in [0.15, 0.2) is 0 Å². The molecule has 0 rings (SSSR count). The Morgan fingerprint density at radius 3 is 0.936 bits per heavy atom. The van der Waals surface area contributed by atoms with Crippen molar-refractivity contribution in [2.75, 3.05) is 20.2 Å². The summed E-state index contributed by atoms with van der Waals surface area (Å²) in [6.07, 6.45) is 47.7. The second-order valence-corrected chi connectivity index (χ2v) is 14.9. The largest absolute Gasteiger partial charge is 0.464 e. The van der Waals surface area contributed by atoms with Crippen molar-refractivity contribution in [3.8, 4) is 0 Å². The average Bonchev–Trinajstić information content (AvgIpc) is 3.07. The van der Waals surface area contributed by atoms with Crippen LogP contribution >= 0.6 is 0 Å². The van der Waals surface area contributed by atoms with Crippen LogP contribution < -0.4 is 0 Å². The quantitative estimate of drug-likeness (QED) is 0.0486. The Kier molecular flexibility index (Phi) is 38.5. The number of hydrogen-bond donors (Lipinski definition) is 0. The van der Waals surface area contributed by atoms with E-state index in [9.17, 15) is 9.59 Å². The highest BCUT2D eigenvalue weighted by molar-refractivity contribution is 5.81. The van der Waals surface area contributed by atoms with Crippen molar-refractivity contribution in [3.63, 3.8) is 0 Å². The zero-order chi connectivity index (χ0) is 34.3. The first-order chi connectivity index (χ1) is 23.1. The van der Waals surface area contributed by atoms with E-state index in [-0.39, 0.29) is 18.4 Å². The SMILES string of the molecule is CCCCCCCCCCCCCCCCCCCCCCOC(=O)CN(C)C(=O)CCCCCCCCCCCCCCCCC. The van der Waals surface area contributed by atoms with Crippen LogP contribution in [0, 0.1) is 0 Å². The summed E-state index contributed by atoms with van der Waals surface area (Å²) in [6, 6.07) is 0. The summed E-state index contributed by atoms with van der Waals surface area (Å²) in [5, 5.41) is 0. The number of unbranched alkanes of at least 4 members (excludes halogenated alkanes) is 33. The molecule has 0 fully saturated rings. The van der Waals surface area contributed by atoms with Crippen molar-refractivity contribution in [2.45, 2.75) is 245 Å². The lowest BCUT2D eigenvalue weighted by Gasteiger charge is -2.16. The van der Waals surface area contributed by atoms with E-state index >= 15 is 0 Å². The maximum absolute atomic E-state index is 12.4. The molecule has 0 heterocycles. The average molecular weight is 664 g/mol. The Bertz CT molecular complexity index is 637. The molecule has 280 valence electrons. The fourth-order valence-corrected chi connectivity index (χ4v) is 6.71. The van der Waals surface area contributed by atoms with Gasteiger partial charge >= 0.3 is 5.97 Å². The number of nitrogens with zero attached hydrogens (tertiary/aromatic N) is 1. The minimum atomic E-state index is -0.268. The fourth-order valence-electron chi connectivity index (χ4n) is 6.71. The van der Waals surface area contributed by atoms with Gasteiger partial charge in [0.2, 0.25) is 5.91 Å². The Morgan fingerprint density at radius 2 is 0.638 bits per heavy atom. The molecular formula is C43H85NO3. The molecule has 1 amide bonds. The number of rotatable bonds is 39. The van der Waals surface area contributed by atoms with Crippen LogP contribution in [0.3, 0.4) is 0 Å². The third-order valence-corrected chi connectivity index (χ3v) is 10.0. The van der Waals surface area contributed by atoms with E-state index in [0.29, 0.717) is 13.0 Å². The summed E-state index contributed by atoms with van der Waals surface area (Å²) in [5.74, 6) is -0.203. The van der Waals surface area contributed by atoms with E-state index in [1.54, 1.807) is 11.9 Å². The van der Waals surface area contributed by atoms with Crippen molar-refractivity contribution >= 4 is 11.9 Å². The van der Waals surface area contributed by atoms with Gasteiger partial charge in [0.25, 0.3) is 0 Å². The molecule has 0 aromatic rings. The van der Waals surface area contributed by atoms with Crippen LogP contribution in [0.25, 0.3) is 0 Å². The number of hydrogen-bond acceptors (Lipinski definition) is 3. The molecule has 0 radical (unpaired) electrons. The van der Waals surface area contributed by atoms with Crippen molar-refractivity contribution in [2.24, 2.45) is 0 Å². The highest BCUT2D eigenvalue weighted by Gasteiger charge is 2.13. The molecule has 0 N–H and O–H groups in total. The van der Waals surface area contributed by atoms with Crippen LogP contribution in [-0.2, 0) is 14.3 Å². The van der Waals surface area contributed by atoms with Gasteiger partial charge in [-0.05, 0) is 12.8 Å². The van der Waals surface area contributed by atoms with Crippen molar-refractivity contribution < 1.29 is 14.3 Å². The zero-order valence-corrected chi connectivity index (χ0v) is 32.5. The number of esters is 1. The van der Waals surface area contributed by atoms with Gasteiger partial charge in [0.1, 0.15) is 6.54 Å². The number of carbonyl (C=O) groups is 2. The predicted octanol–water partition coefficient (Wildman–Crippen LogP) is 14.1. The standard InChI is InChI=1S/C43H85NO3/c1-4-6-8-10-12-14-16-18-20-21-22-23-24-26-28-30-32-34-36-38-40-47-43(46)41-44(3)42(45)39-37-35-33-31-29-27-25-19-17-15-13-11-9-7-5-2/h4-41H2,1-3H3. The van der Waals surface area contributed by atoms with Crippen LogP contribution in [0.4, 0.5) is 0 Å². The molecule has 0 unspecified atom stereocenters. The summed E-state index contributed by atoms with van der Waals surface area (Å²) in [7, 11) is 1.73. The van der Waals surface area contributed by atoms with Gasteiger partial charge in [-0.1, -0.05) is 226 Å². The van der Waals surface area contributed by atoms with E-state index < -0.39 is 0 Å². The lowest BCUT2D eigenvalue weighted by atomic mass is 10.0. The lowest BCUT2D eigenvalue weighted by Crippen LogP contribution is -2.33. The zero-order valence-electron chi connectivity index (χ0n) is 32.5. The Hall–Kier alpha value is -1.06. The second kappa shape index (κ2) is 39.4. The molecule has 4 nitrogen and oxygen atoms in total. The molecule has 0 saturated heterocycles. The predicted molar refractivity (Wildman–Crippen MR) is 206 cm³/mol. The maximum atomic E-state index is 12.4. The summed E-state index contributed by atoms with van der Waals surface area (Å²) >= 11 is 0. The molecule has 0 atom stereocenters. The van der Waals surface area contributed by atoms with Gasteiger partial charge in [-0.15, -0.1) is 0 Å². The van der Waals surface area contributed by atoms with E-state index in [4.69, 9.17) is 4.74 Å². The van der Waals surface area contributed by atoms with Gasteiger partial charge < -0.3 is 9.64 Å². The van der Waals surface area contributed by atoms with Crippen molar-refractivity contribution in [1.29, 1.82) is 0 Å². The summed E-state index contributed by atoms with van der Waals surface area (Å²) in [6.45, 7) is 5.14. The van der Waals surface area contributed by atoms with Gasteiger partial charge in [0.05, 0.1) is 6.61 Å². The smallest absolute Gasteiger partial charge is 0.325 e. The Morgan fingerprint density at radius 1 is 0.383 bits per heavy atom. The number of carbonyl (C=O) groups excluding carboxylic acids is 2. The molecule has 47 heavy (non-hydrogen) atoms. The van der Waals surface area contributed by atoms with Crippen molar-refractivity contribution in [1.82, 2.24) is 4.90 Å². The molecule has 0 spiro atoms. The minimum absolute atomic E-state index is 0.0652. The number of amides is 1. The summed E-state index contributed by atoms with van der Waals surface area (Å²) in [4.78, 5) is 26.1. The van der Waals surface area contributed by atoms with Gasteiger partial charge in [0.15, 0.2) is 0 Å².